The van der Waals surface area contributed by atoms with Crippen molar-refractivity contribution in [2.75, 3.05) is 13.2 Å². The Morgan fingerprint density at radius 2 is 2.10 bits per heavy atom. The van der Waals surface area contributed by atoms with E-state index in [-0.39, 0.29) is 5.91 Å². The SMILES string of the molecule is C=CCNC(=O)CCCc1ccc([P+](=O)OCC)cc1. The summed E-state index contributed by atoms with van der Waals surface area (Å²) in [5, 5.41) is 3.45. The van der Waals surface area contributed by atoms with Crippen molar-refractivity contribution in [2.45, 2.75) is 26.2 Å². The predicted octanol–water partition coefficient (Wildman–Crippen LogP) is 2.72. The standard InChI is InChI=1S/C15H20NO3P/c1-3-12-16-15(17)7-5-6-13-8-10-14(11-9-13)20(18)19-4-2/h3,8-11H,1,4-7,12H2,2H3/p+1. The molecule has 0 aliphatic carbocycles. The number of rotatable bonds is 9. The first kappa shape index (κ1) is 16.5. The van der Waals surface area contributed by atoms with Gasteiger partial charge < -0.3 is 5.32 Å². The fourth-order valence-corrected chi connectivity index (χ4v) is 2.48. The second kappa shape index (κ2) is 9.40. The predicted molar refractivity (Wildman–Crippen MR) is 81.5 cm³/mol. The van der Waals surface area contributed by atoms with Gasteiger partial charge in [0, 0.05) is 13.0 Å². The molecule has 0 radical (unpaired) electrons. The second-order valence-corrected chi connectivity index (χ2v) is 5.58. The van der Waals surface area contributed by atoms with Crippen molar-refractivity contribution in [1.82, 2.24) is 5.32 Å². The molecular weight excluding hydrogens is 273 g/mol. The Morgan fingerprint density at radius 1 is 1.40 bits per heavy atom. The second-order valence-electron chi connectivity index (χ2n) is 4.29. The average Bonchev–Trinajstić information content (AvgIpc) is 2.46. The molecule has 20 heavy (non-hydrogen) atoms. The summed E-state index contributed by atoms with van der Waals surface area (Å²) in [6.45, 7) is 6.32. The normalized spacial score (nSPS) is 10.9. The van der Waals surface area contributed by atoms with Gasteiger partial charge in [0.15, 0.2) is 0 Å². The quantitative estimate of drug-likeness (QED) is 0.563. The first-order valence-corrected chi connectivity index (χ1v) is 7.91. The van der Waals surface area contributed by atoms with Gasteiger partial charge in [0.25, 0.3) is 0 Å². The van der Waals surface area contributed by atoms with E-state index in [1.165, 1.54) is 0 Å². The minimum Gasteiger partial charge on any atom is -0.353 e. The van der Waals surface area contributed by atoms with E-state index in [4.69, 9.17) is 4.52 Å². The molecule has 0 aliphatic rings. The zero-order chi connectivity index (χ0) is 14.8. The molecule has 0 spiro atoms. The van der Waals surface area contributed by atoms with Crippen molar-refractivity contribution in [3.63, 3.8) is 0 Å². The molecule has 0 saturated heterocycles. The highest BCUT2D eigenvalue weighted by Gasteiger charge is 2.20. The first-order valence-electron chi connectivity index (χ1n) is 6.74. The van der Waals surface area contributed by atoms with Gasteiger partial charge in [-0.3, -0.25) is 4.79 Å². The van der Waals surface area contributed by atoms with E-state index < -0.39 is 8.03 Å². The summed E-state index contributed by atoms with van der Waals surface area (Å²) in [4.78, 5) is 11.4. The molecule has 0 fully saturated rings. The van der Waals surface area contributed by atoms with Gasteiger partial charge in [-0.05, 0) is 42.0 Å². The maximum Gasteiger partial charge on any atom is 0.548 e. The van der Waals surface area contributed by atoms with Crippen LogP contribution in [0.5, 0.6) is 0 Å². The Balaban J connectivity index is 2.36. The van der Waals surface area contributed by atoms with Gasteiger partial charge in [-0.15, -0.1) is 11.1 Å². The summed E-state index contributed by atoms with van der Waals surface area (Å²) in [5.41, 5.74) is 1.13. The molecule has 1 aromatic rings. The van der Waals surface area contributed by atoms with Crippen molar-refractivity contribution < 1.29 is 13.9 Å². The number of aryl methyl sites for hydroxylation is 1. The molecule has 1 unspecified atom stereocenters. The largest absolute Gasteiger partial charge is 0.548 e. The molecule has 1 amide bonds. The lowest BCUT2D eigenvalue weighted by atomic mass is 10.1. The van der Waals surface area contributed by atoms with Crippen LogP contribution in [0.2, 0.25) is 0 Å². The van der Waals surface area contributed by atoms with Gasteiger partial charge in [0.1, 0.15) is 6.61 Å². The summed E-state index contributed by atoms with van der Waals surface area (Å²) < 4.78 is 16.7. The molecule has 0 aromatic heterocycles. The van der Waals surface area contributed by atoms with Crippen molar-refractivity contribution in [2.24, 2.45) is 0 Å². The van der Waals surface area contributed by atoms with E-state index in [0.29, 0.717) is 24.9 Å². The van der Waals surface area contributed by atoms with E-state index >= 15 is 0 Å². The zero-order valence-corrected chi connectivity index (χ0v) is 12.7. The number of carbonyl (C=O) groups excluding carboxylic acids is 1. The lowest BCUT2D eigenvalue weighted by Gasteiger charge is -2.02. The van der Waals surface area contributed by atoms with Crippen LogP contribution in [0, 0.1) is 0 Å². The summed E-state index contributed by atoms with van der Waals surface area (Å²) in [7, 11) is -1.74. The van der Waals surface area contributed by atoms with Gasteiger partial charge in [0.05, 0.1) is 0 Å². The van der Waals surface area contributed by atoms with Crippen LogP contribution in [0.15, 0.2) is 36.9 Å². The Morgan fingerprint density at radius 3 is 2.70 bits per heavy atom. The highest BCUT2D eigenvalue weighted by molar-refractivity contribution is 7.48. The van der Waals surface area contributed by atoms with Gasteiger partial charge in [-0.2, -0.15) is 0 Å². The molecule has 1 aromatic carbocycles. The van der Waals surface area contributed by atoms with Crippen LogP contribution in [-0.2, 0) is 20.3 Å². The van der Waals surface area contributed by atoms with Crippen LogP contribution >= 0.6 is 8.03 Å². The van der Waals surface area contributed by atoms with Crippen molar-refractivity contribution >= 4 is 19.2 Å². The lowest BCUT2D eigenvalue weighted by Crippen LogP contribution is -2.22. The Kier molecular flexibility index (Phi) is 7.78. The number of nitrogens with one attached hydrogen (secondary N) is 1. The number of hydrogen-bond donors (Lipinski definition) is 1. The van der Waals surface area contributed by atoms with Crippen molar-refractivity contribution in [1.29, 1.82) is 0 Å². The molecular formula is C15H21NO3P+. The number of hydrogen-bond acceptors (Lipinski definition) is 3. The minimum atomic E-state index is -1.74. The lowest BCUT2D eigenvalue weighted by molar-refractivity contribution is -0.120. The van der Waals surface area contributed by atoms with E-state index in [1.807, 2.05) is 31.2 Å². The molecule has 1 N–H and O–H groups in total. The molecule has 1 rings (SSSR count). The number of amides is 1. The molecule has 0 saturated carbocycles. The topological polar surface area (TPSA) is 55.4 Å². The third-order valence-electron chi connectivity index (χ3n) is 2.71. The fraction of sp³-hybridized carbons (Fsp3) is 0.400. The molecule has 108 valence electrons. The van der Waals surface area contributed by atoms with Crippen LogP contribution < -0.4 is 10.6 Å². The van der Waals surface area contributed by atoms with Crippen LogP contribution in [-0.4, -0.2) is 19.1 Å². The van der Waals surface area contributed by atoms with Crippen LogP contribution in [0.25, 0.3) is 0 Å². The molecule has 4 nitrogen and oxygen atoms in total. The smallest absolute Gasteiger partial charge is 0.353 e. The Labute approximate surface area is 121 Å². The van der Waals surface area contributed by atoms with E-state index in [1.54, 1.807) is 6.08 Å². The third kappa shape index (κ3) is 6.09. The molecule has 1 atom stereocenters. The summed E-state index contributed by atoms with van der Waals surface area (Å²) in [6, 6.07) is 7.51. The summed E-state index contributed by atoms with van der Waals surface area (Å²) in [5.74, 6) is 0.0425. The van der Waals surface area contributed by atoms with E-state index in [0.717, 1.165) is 18.4 Å². The molecule has 0 aliphatic heterocycles. The number of benzene rings is 1. The molecule has 5 heteroatoms. The van der Waals surface area contributed by atoms with Gasteiger partial charge >= 0.3 is 8.03 Å². The van der Waals surface area contributed by atoms with Crippen LogP contribution in [0.3, 0.4) is 0 Å². The fourth-order valence-electron chi connectivity index (χ4n) is 1.70. The summed E-state index contributed by atoms with van der Waals surface area (Å²) >= 11 is 0. The maximum atomic E-state index is 11.6. The molecule has 0 heterocycles. The van der Waals surface area contributed by atoms with Crippen molar-refractivity contribution in [3.8, 4) is 0 Å². The highest BCUT2D eigenvalue weighted by Crippen LogP contribution is 2.21. The van der Waals surface area contributed by atoms with E-state index in [2.05, 4.69) is 11.9 Å². The Bertz CT molecular complexity index is 457. The number of carbonyl (C=O) groups is 1. The van der Waals surface area contributed by atoms with Crippen LogP contribution in [0.4, 0.5) is 0 Å². The minimum absolute atomic E-state index is 0.0425. The monoisotopic (exact) mass is 294 g/mol. The highest BCUT2D eigenvalue weighted by atomic mass is 31.1. The third-order valence-corrected chi connectivity index (χ3v) is 3.92. The summed E-state index contributed by atoms with van der Waals surface area (Å²) in [6.07, 6.45) is 3.78. The van der Waals surface area contributed by atoms with Gasteiger partial charge in [-0.25, -0.2) is 0 Å². The van der Waals surface area contributed by atoms with Crippen molar-refractivity contribution in [3.05, 3.63) is 42.5 Å². The first-order chi connectivity index (χ1) is 9.67. The van der Waals surface area contributed by atoms with E-state index in [9.17, 15) is 9.36 Å². The van der Waals surface area contributed by atoms with Crippen LogP contribution in [0.1, 0.15) is 25.3 Å². The zero-order valence-electron chi connectivity index (χ0n) is 11.8. The van der Waals surface area contributed by atoms with Gasteiger partial charge in [0.2, 0.25) is 11.2 Å². The Hall–Kier alpha value is -1.51. The van der Waals surface area contributed by atoms with Gasteiger partial charge in [-0.1, -0.05) is 18.2 Å². The molecule has 0 bridgehead atoms. The maximum absolute atomic E-state index is 11.6. The average molecular weight is 294 g/mol.